The number of amides is 1. The summed E-state index contributed by atoms with van der Waals surface area (Å²) >= 11 is 0. The number of carbonyl (C=O) groups excluding carboxylic acids is 1. The van der Waals surface area contributed by atoms with Crippen molar-refractivity contribution < 1.29 is 14.3 Å². The third-order valence-electron chi connectivity index (χ3n) is 2.96. The van der Waals surface area contributed by atoms with Crippen LogP contribution in [0.5, 0.6) is 5.75 Å². The number of para-hydroxylation sites is 1. The third-order valence-corrected chi connectivity index (χ3v) is 2.96. The van der Waals surface area contributed by atoms with Gasteiger partial charge in [0.05, 0.1) is 6.42 Å². The zero-order chi connectivity index (χ0) is 14.4. The van der Waals surface area contributed by atoms with Gasteiger partial charge in [-0.1, -0.05) is 30.3 Å². The van der Waals surface area contributed by atoms with Gasteiger partial charge in [0.1, 0.15) is 11.6 Å². The van der Waals surface area contributed by atoms with Gasteiger partial charge < -0.3 is 10.4 Å². The monoisotopic (exact) mass is 273 g/mol. The molecular weight excluding hydrogens is 257 g/mol. The molecule has 0 aliphatic heterocycles. The van der Waals surface area contributed by atoms with Crippen LogP contribution in [0.4, 0.5) is 4.39 Å². The SMILES string of the molecule is O=C(Cc1cccc(F)c1)NCCc1ccccc1O. The first-order valence-electron chi connectivity index (χ1n) is 6.43. The first kappa shape index (κ1) is 14.1. The Bertz CT molecular complexity index is 599. The van der Waals surface area contributed by atoms with Gasteiger partial charge in [0.2, 0.25) is 5.91 Å². The van der Waals surface area contributed by atoms with Crippen LogP contribution in [-0.2, 0) is 17.6 Å². The number of hydrogen-bond acceptors (Lipinski definition) is 2. The molecule has 0 heterocycles. The third kappa shape index (κ3) is 4.09. The van der Waals surface area contributed by atoms with E-state index < -0.39 is 0 Å². The van der Waals surface area contributed by atoms with Gasteiger partial charge in [-0.3, -0.25) is 4.79 Å². The second-order valence-electron chi connectivity index (χ2n) is 4.54. The Kier molecular flexibility index (Phi) is 4.71. The lowest BCUT2D eigenvalue weighted by Gasteiger charge is -2.07. The van der Waals surface area contributed by atoms with E-state index in [1.807, 2.05) is 12.1 Å². The first-order chi connectivity index (χ1) is 9.65. The fourth-order valence-corrected chi connectivity index (χ4v) is 1.95. The van der Waals surface area contributed by atoms with Gasteiger partial charge in [-0.15, -0.1) is 0 Å². The minimum absolute atomic E-state index is 0.151. The highest BCUT2D eigenvalue weighted by Crippen LogP contribution is 2.15. The number of carbonyl (C=O) groups is 1. The maximum atomic E-state index is 13.0. The van der Waals surface area contributed by atoms with Gasteiger partial charge in [-0.2, -0.15) is 0 Å². The van der Waals surface area contributed by atoms with Crippen molar-refractivity contribution in [2.75, 3.05) is 6.54 Å². The van der Waals surface area contributed by atoms with E-state index in [0.717, 1.165) is 5.56 Å². The van der Waals surface area contributed by atoms with E-state index in [1.165, 1.54) is 12.1 Å². The molecular formula is C16H16FNO2. The quantitative estimate of drug-likeness (QED) is 0.879. The Hall–Kier alpha value is -2.36. The predicted molar refractivity (Wildman–Crippen MR) is 74.9 cm³/mol. The van der Waals surface area contributed by atoms with Crippen LogP contribution in [0.2, 0.25) is 0 Å². The van der Waals surface area contributed by atoms with Crippen LogP contribution >= 0.6 is 0 Å². The number of rotatable bonds is 5. The number of aromatic hydroxyl groups is 1. The van der Waals surface area contributed by atoms with Crippen LogP contribution in [-0.4, -0.2) is 17.6 Å². The number of phenols is 1. The van der Waals surface area contributed by atoms with Crippen molar-refractivity contribution in [2.45, 2.75) is 12.8 Å². The molecule has 20 heavy (non-hydrogen) atoms. The highest BCUT2D eigenvalue weighted by Gasteiger charge is 2.05. The Morgan fingerprint density at radius 2 is 1.95 bits per heavy atom. The smallest absolute Gasteiger partial charge is 0.224 e. The fourth-order valence-electron chi connectivity index (χ4n) is 1.95. The lowest BCUT2D eigenvalue weighted by atomic mass is 10.1. The van der Waals surface area contributed by atoms with Gasteiger partial charge in [0.25, 0.3) is 0 Å². The molecule has 0 aromatic heterocycles. The Morgan fingerprint density at radius 3 is 2.70 bits per heavy atom. The molecule has 104 valence electrons. The van der Waals surface area contributed by atoms with E-state index in [-0.39, 0.29) is 23.9 Å². The maximum Gasteiger partial charge on any atom is 0.224 e. The Balaban J connectivity index is 1.80. The number of nitrogens with one attached hydrogen (secondary N) is 1. The molecule has 0 aliphatic carbocycles. The Labute approximate surface area is 117 Å². The van der Waals surface area contributed by atoms with E-state index >= 15 is 0 Å². The maximum absolute atomic E-state index is 13.0. The molecule has 0 unspecified atom stereocenters. The van der Waals surface area contributed by atoms with E-state index in [0.29, 0.717) is 18.5 Å². The second-order valence-corrected chi connectivity index (χ2v) is 4.54. The van der Waals surface area contributed by atoms with E-state index in [4.69, 9.17) is 0 Å². The zero-order valence-corrected chi connectivity index (χ0v) is 11.0. The van der Waals surface area contributed by atoms with Crippen LogP contribution in [0.25, 0.3) is 0 Å². The van der Waals surface area contributed by atoms with Crippen molar-refractivity contribution >= 4 is 5.91 Å². The van der Waals surface area contributed by atoms with Crippen molar-refractivity contribution in [3.05, 3.63) is 65.5 Å². The van der Waals surface area contributed by atoms with E-state index in [9.17, 15) is 14.3 Å². The second kappa shape index (κ2) is 6.70. The van der Waals surface area contributed by atoms with Gasteiger partial charge >= 0.3 is 0 Å². The lowest BCUT2D eigenvalue weighted by Crippen LogP contribution is -2.27. The number of phenolic OH excluding ortho intramolecular Hbond substituents is 1. The molecule has 4 heteroatoms. The largest absolute Gasteiger partial charge is 0.508 e. The van der Waals surface area contributed by atoms with Gasteiger partial charge in [-0.05, 0) is 35.7 Å². The molecule has 0 bridgehead atoms. The minimum Gasteiger partial charge on any atom is -0.508 e. The molecule has 2 N–H and O–H groups in total. The van der Waals surface area contributed by atoms with Gasteiger partial charge in [0.15, 0.2) is 0 Å². The summed E-state index contributed by atoms with van der Waals surface area (Å²) in [5.41, 5.74) is 1.43. The molecule has 3 nitrogen and oxygen atoms in total. The highest BCUT2D eigenvalue weighted by atomic mass is 19.1. The molecule has 2 aromatic rings. The van der Waals surface area contributed by atoms with E-state index in [2.05, 4.69) is 5.32 Å². The molecule has 0 atom stereocenters. The average molecular weight is 273 g/mol. The van der Waals surface area contributed by atoms with Crippen LogP contribution in [0.1, 0.15) is 11.1 Å². The summed E-state index contributed by atoms with van der Waals surface area (Å²) in [5, 5.41) is 12.3. The molecule has 1 amide bonds. The highest BCUT2D eigenvalue weighted by molar-refractivity contribution is 5.78. The molecule has 0 radical (unpaired) electrons. The lowest BCUT2D eigenvalue weighted by molar-refractivity contribution is -0.120. The fraction of sp³-hybridized carbons (Fsp3) is 0.188. The minimum atomic E-state index is -0.343. The number of halogens is 1. The number of hydrogen-bond donors (Lipinski definition) is 2. The standard InChI is InChI=1S/C16H16FNO2/c17-14-6-3-4-12(10-14)11-16(20)18-9-8-13-5-1-2-7-15(13)19/h1-7,10,19H,8-9,11H2,(H,18,20). The first-order valence-corrected chi connectivity index (χ1v) is 6.43. The molecule has 0 fully saturated rings. The predicted octanol–water partition coefficient (Wildman–Crippen LogP) is 2.43. The summed E-state index contributed by atoms with van der Waals surface area (Å²) in [6.07, 6.45) is 0.708. The van der Waals surface area contributed by atoms with E-state index in [1.54, 1.807) is 24.3 Å². The number of benzene rings is 2. The molecule has 0 spiro atoms. The normalized spacial score (nSPS) is 10.2. The summed E-state index contributed by atoms with van der Waals surface area (Å²) in [7, 11) is 0. The summed E-state index contributed by atoms with van der Waals surface area (Å²) in [6.45, 7) is 0.436. The zero-order valence-electron chi connectivity index (χ0n) is 11.0. The van der Waals surface area contributed by atoms with Gasteiger partial charge in [0, 0.05) is 6.54 Å². The van der Waals surface area contributed by atoms with Crippen molar-refractivity contribution in [3.8, 4) is 5.75 Å². The summed E-state index contributed by atoms with van der Waals surface area (Å²) in [5.74, 6) is -0.276. The molecule has 0 saturated heterocycles. The topological polar surface area (TPSA) is 49.3 Å². The van der Waals surface area contributed by atoms with Crippen molar-refractivity contribution in [2.24, 2.45) is 0 Å². The summed E-state index contributed by atoms with van der Waals surface area (Å²) in [6, 6.07) is 13.0. The Morgan fingerprint density at radius 1 is 1.15 bits per heavy atom. The summed E-state index contributed by atoms with van der Waals surface area (Å²) < 4.78 is 13.0. The average Bonchev–Trinajstić information content (AvgIpc) is 2.41. The molecule has 0 aliphatic rings. The van der Waals surface area contributed by atoms with Crippen LogP contribution < -0.4 is 5.32 Å². The van der Waals surface area contributed by atoms with Crippen molar-refractivity contribution in [1.29, 1.82) is 0 Å². The summed E-state index contributed by atoms with van der Waals surface area (Å²) in [4.78, 5) is 11.7. The van der Waals surface area contributed by atoms with Gasteiger partial charge in [-0.25, -0.2) is 4.39 Å². The van der Waals surface area contributed by atoms with Crippen molar-refractivity contribution in [3.63, 3.8) is 0 Å². The molecule has 2 aromatic carbocycles. The van der Waals surface area contributed by atoms with Crippen LogP contribution in [0.15, 0.2) is 48.5 Å². The van der Waals surface area contributed by atoms with Crippen molar-refractivity contribution in [1.82, 2.24) is 5.32 Å². The van der Waals surface area contributed by atoms with Crippen LogP contribution in [0.3, 0.4) is 0 Å². The molecule has 2 rings (SSSR count). The molecule has 0 saturated carbocycles. The van der Waals surface area contributed by atoms with Crippen LogP contribution in [0, 0.1) is 5.82 Å².